The largest absolute Gasteiger partial charge is 0.0683 e. The summed E-state index contributed by atoms with van der Waals surface area (Å²) in [6, 6.07) is 9.26. The van der Waals surface area contributed by atoms with Gasteiger partial charge in [0.25, 0.3) is 0 Å². The summed E-state index contributed by atoms with van der Waals surface area (Å²) in [5.41, 5.74) is 2.96. The van der Waals surface area contributed by atoms with Crippen LogP contribution in [-0.4, -0.2) is 0 Å². The maximum atomic E-state index is 2.40. The number of aryl methyl sites for hydroxylation is 1. The second-order valence-corrected chi connectivity index (χ2v) is 6.83. The van der Waals surface area contributed by atoms with Crippen molar-refractivity contribution in [1.82, 2.24) is 0 Å². The Morgan fingerprint density at radius 3 is 2.05 bits per heavy atom. The molecule has 0 bridgehead atoms. The van der Waals surface area contributed by atoms with Crippen LogP contribution in [0.5, 0.6) is 0 Å². The van der Waals surface area contributed by atoms with E-state index in [1.165, 1.54) is 56.9 Å². The summed E-state index contributed by atoms with van der Waals surface area (Å²) in [6.45, 7) is 10.9. The predicted octanol–water partition coefficient (Wildman–Crippen LogP) is 7.51. The quantitative estimate of drug-likeness (QED) is 0.510. The third-order valence-electron chi connectivity index (χ3n) is 5.44. The Hall–Kier alpha value is -0.780. The molecule has 0 aromatic heterocycles. The van der Waals surface area contributed by atoms with E-state index in [4.69, 9.17) is 0 Å². The van der Waals surface area contributed by atoms with E-state index in [0.717, 1.165) is 17.8 Å². The van der Waals surface area contributed by atoms with Crippen molar-refractivity contribution in [1.29, 1.82) is 0 Å². The lowest BCUT2D eigenvalue weighted by Gasteiger charge is -2.34. The monoisotopic (exact) mass is 302 g/mol. The highest BCUT2D eigenvalue weighted by molar-refractivity contribution is 5.24. The van der Waals surface area contributed by atoms with E-state index in [0.29, 0.717) is 0 Å². The first-order chi connectivity index (χ1) is 10.7. The lowest BCUT2D eigenvalue weighted by Crippen LogP contribution is -2.21. The molecule has 1 fully saturated rings. The van der Waals surface area contributed by atoms with Crippen LogP contribution in [0.3, 0.4) is 0 Å². The predicted molar refractivity (Wildman–Crippen MR) is 101 cm³/mol. The lowest BCUT2D eigenvalue weighted by molar-refractivity contribution is 0.213. The van der Waals surface area contributed by atoms with Gasteiger partial charge in [-0.2, -0.15) is 0 Å². The van der Waals surface area contributed by atoms with Crippen molar-refractivity contribution in [3.05, 3.63) is 35.4 Å². The van der Waals surface area contributed by atoms with Crippen molar-refractivity contribution in [2.24, 2.45) is 11.8 Å². The van der Waals surface area contributed by atoms with Gasteiger partial charge in [0.15, 0.2) is 0 Å². The summed E-state index contributed by atoms with van der Waals surface area (Å²) in [6.07, 6.45) is 11.4. The van der Waals surface area contributed by atoms with Crippen LogP contribution in [-0.2, 0) is 0 Å². The Bertz CT molecular complexity index is 368. The van der Waals surface area contributed by atoms with Gasteiger partial charge >= 0.3 is 0 Å². The Balaban J connectivity index is 0.00000116. The normalized spacial score (nSPS) is 22.6. The molecule has 1 aliphatic rings. The molecule has 0 aliphatic heterocycles. The average Bonchev–Trinajstić information content (AvgIpc) is 2.59. The van der Waals surface area contributed by atoms with Crippen molar-refractivity contribution in [2.75, 3.05) is 0 Å². The van der Waals surface area contributed by atoms with E-state index in [2.05, 4.69) is 45.0 Å². The molecule has 22 heavy (non-hydrogen) atoms. The number of hydrogen-bond acceptors (Lipinski definition) is 0. The molecule has 0 heteroatoms. The van der Waals surface area contributed by atoms with E-state index in [-0.39, 0.29) is 0 Å². The molecule has 0 spiro atoms. The minimum Gasteiger partial charge on any atom is -0.0683 e. The van der Waals surface area contributed by atoms with Gasteiger partial charge < -0.3 is 0 Å². The van der Waals surface area contributed by atoms with E-state index in [1.54, 1.807) is 5.56 Å². The van der Waals surface area contributed by atoms with Gasteiger partial charge in [-0.3, -0.25) is 0 Å². The lowest BCUT2D eigenvalue weighted by atomic mass is 9.72. The van der Waals surface area contributed by atoms with E-state index >= 15 is 0 Å². The zero-order valence-corrected chi connectivity index (χ0v) is 15.7. The van der Waals surface area contributed by atoms with Crippen LogP contribution in [0.2, 0.25) is 0 Å². The minimum absolute atomic E-state index is 0.829. The highest BCUT2D eigenvalue weighted by atomic mass is 14.3. The van der Waals surface area contributed by atoms with Gasteiger partial charge in [-0.25, -0.2) is 0 Å². The fourth-order valence-electron chi connectivity index (χ4n) is 4.00. The summed E-state index contributed by atoms with van der Waals surface area (Å²) < 4.78 is 0. The Morgan fingerprint density at radius 1 is 0.955 bits per heavy atom. The van der Waals surface area contributed by atoms with Crippen LogP contribution in [0.25, 0.3) is 0 Å². The van der Waals surface area contributed by atoms with Gasteiger partial charge in [0.1, 0.15) is 0 Å². The summed E-state index contributed by atoms with van der Waals surface area (Å²) in [7, 11) is 0. The smallest absolute Gasteiger partial charge is 0.0162 e. The average molecular weight is 303 g/mol. The van der Waals surface area contributed by atoms with E-state index < -0.39 is 0 Å². The zero-order valence-electron chi connectivity index (χ0n) is 15.7. The molecule has 1 atom stereocenters. The van der Waals surface area contributed by atoms with Crippen LogP contribution in [0.4, 0.5) is 0 Å². The molecule has 1 aliphatic carbocycles. The molecular formula is C22H38. The third-order valence-corrected chi connectivity index (χ3v) is 5.44. The van der Waals surface area contributed by atoms with Crippen LogP contribution in [0, 0.1) is 18.8 Å². The molecule has 0 radical (unpaired) electrons. The van der Waals surface area contributed by atoms with Crippen LogP contribution in [0.1, 0.15) is 96.1 Å². The minimum atomic E-state index is 0.829. The van der Waals surface area contributed by atoms with E-state index in [9.17, 15) is 0 Å². The molecule has 1 saturated carbocycles. The molecule has 1 unspecified atom stereocenters. The van der Waals surface area contributed by atoms with Crippen molar-refractivity contribution >= 4 is 0 Å². The van der Waals surface area contributed by atoms with Crippen molar-refractivity contribution in [2.45, 2.75) is 91.9 Å². The van der Waals surface area contributed by atoms with Gasteiger partial charge in [-0.1, -0.05) is 83.2 Å². The number of rotatable bonds is 6. The second-order valence-electron chi connectivity index (χ2n) is 6.83. The molecular weight excluding hydrogens is 264 g/mol. The second kappa shape index (κ2) is 10.9. The van der Waals surface area contributed by atoms with Crippen molar-refractivity contribution < 1.29 is 0 Å². The van der Waals surface area contributed by atoms with Gasteiger partial charge in [-0.15, -0.1) is 0 Å². The molecule has 0 amide bonds. The fourth-order valence-corrected chi connectivity index (χ4v) is 4.00. The highest BCUT2D eigenvalue weighted by Crippen LogP contribution is 2.40. The Kier molecular flexibility index (Phi) is 9.52. The maximum Gasteiger partial charge on any atom is -0.0162 e. The first-order valence-corrected chi connectivity index (χ1v) is 9.81. The Morgan fingerprint density at radius 2 is 1.55 bits per heavy atom. The molecule has 0 saturated heterocycles. The number of benzene rings is 1. The van der Waals surface area contributed by atoms with Crippen LogP contribution >= 0.6 is 0 Å². The first kappa shape index (κ1) is 19.3. The molecule has 0 N–H and O–H groups in total. The van der Waals surface area contributed by atoms with Crippen LogP contribution in [0.15, 0.2) is 24.3 Å². The molecule has 1 aromatic carbocycles. The Labute approximate surface area is 139 Å². The van der Waals surface area contributed by atoms with Gasteiger partial charge in [-0.05, 0) is 55.9 Å². The molecule has 1 aromatic rings. The highest BCUT2D eigenvalue weighted by Gasteiger charge is 2.26. The first-order valence-electron chi connectivity index (χ1n) is 9.81. The van der Waals surface area contributed by atoms with E-state index in [1.807, 2.05) is 13.8 Å². The standard InChI is InChI=1S/C20H32.C2H6/c1-4-6-7-17(5-2)18-12-14-20(15-13-18)19-10-8-16(3)9-11-19;1-2/h8-11,17-18,20H,4-7,12-15H2,1-3H3;1-2H3. The summed E-state index contributed by atoms with van der Waals surface area (Å²) >= 11 is 0. The van der Waals surface area contributed by atoms with Gasteiger partial charge in [0, 0.05) is 0 Å². The summed E-state index contributed by atoms with van der Waals surface area (Å²) in [5.74, 6) is 2.83. The molecule has 0 nitrogen and oxygen atoms in total. The fraction of sp³-hybridized carbons (Fsp3) is 0.727. The van der Waals surface area contributed by atoms with Gasteiger partial charge in [0.05, 0.1) is 0 Å². The molecule has 2 rings (SSSR count). The molecule has 126 valence electrons. The molecule has 0 heterocycles. The van der Waals surface area contributed by atoms with Crippen molar-refractivity contribution in [3.8, 4) is 0 Å². The summed E-state index contributed by atoms with van der Waals surface area (Å²) in [4.78, 5) is 0. The summed E-state index contributed by atoms with van der Waals surface area (Å²) in [5, 5.41) is 0. The number of hydrogen-bond donors (Lipinski definition) is 0. The zero-order chi connectivity index (χ0) is 16.4. The third kappa shape index (κ3) is 5.78. The van der Waals surface area contributed by atoms with Gasteiger partial charge in [0.2, 0.25) is 0 Å². The maximum absolute atomic E-state index is 2.40. The van der Waals surface area contributed by atoms with Crippen molar-refractivity contribution in [3.63, 3.8) is 0 Å². The topological polar surface area (TPSA) is 0 Å². The number of unbranched alkanes of at least 4 members (excludes halogenated alkanes) is 1. The van der Waals surface area contributed by atoms with Crippen LogP contribution < -0.4 is 0 Å². The SMILES string of the molecule is CC.CCCCC(CC)C1CCC(c2ccc(C)cc2)CC1.